The van der Waals surface area contributed by atoms with Crippen molar-refractivity contribution in [3.63, 3.8) is 0 Å². The second-order valence-electron chi connectivity index (χ2n) is 4.66. The second-order valence-corrected chi connectivity index (χ2v) is 4.66. The highest BCUT2D eigenvalue weighted by atomic mass is 16.6. The van der Waals surface area contributed by atoms with E-state index in [2.05, 4.69) is 15.4 Å². The molecule has 0 spiro atoms. The predicted molar refractivity (Wildman–Crippen MR) is 78.9 cm³/mol. The molecule has 0 aliphatic heterocycles. The van der Waals surface area contributed by atoms with Crippen molar-refractivity contribution in [1.82, 2.24) is 14.8 Å². The smallest absolute Gasteiger partial charge is 0.301 e. The van der Waals surface area contributed by atoms with Crippen LogP contribution in [0.2, 0.25) is 0 Å². The van der Waals surface area contributed by atoms with Crippen LogP contribution in [0.15, 0.2) is 42.9 Å². The Morgan fingerprint density at radius 1 is 1.38 bits per heavy atom. The first kappa shape index (κ1) is 13.0. The van der Waals surface area contributed by atoms with Crippen molar-refractivity contribution in [1.29, 1.82) is 0 Å². The summed E-state index contributed by atoms with van der Waals surface area (Å²) >= 11 is 0. The normalized spacial score (nSPS) is 10.7. The van der Waals surface area contributed by atoms with E-state index in [0.717, 1.165) is 5.56 Å². The van der Waals surface area contributed by atoms with Crippen molar-refractivity contribution < 1.29 is 4.92 Å². The lowest BCUT2D eigenvalue weighted by Gasteiger charge is -2.07. The van der Waals surface area contributed by atoms with Crippen molar-refractivity contribution in [3.05, 3.63) is 58.5 Å². The molecule has 7 heteroatoms. The third-order valence-corrected chi connectivity index (χ3v) is 3.18. The number of fused-ring (bicyclic) bond motifs is 1. The largest absolute Gasteiger partial charge is 0.375 e. The quantitative estimate of drug-likeness (QED) is 0.587. The maximum absolute atomic E-state index is 11.4. The monoisotopic (exact) mass is 283 g/mol. The van der Waals surface area contributed by atoms with Gasteiger partial charge in [-0.25, -0.2) is 0 Å². The number of hydrogen-bond donors (Lipinski definition) is 1. The molecule has 0 unspecified atom stereocenters. The predicted octanol–water partition coefficient (Wildman–Crippen LogP) is 2.49. The molecule has 3 rings (SSSR count). The molecule has 0 atom stereocenters. The van der Waals surface area contributed by atoms with Gasteiger partial charge in [0.05, 0.1) is 22.0 Å². The first-order valence-electron chi connectivity index (χ1n) is 6.38. The number of hydrogen-bond acceptors (Lipinski definition) is 5. The van der Waals surface area contributed by atoms with Crippen molar-refractivity contribution in [3.8, 4) is 0 Å². The Balaban J connectivity index is 1.97. The highest BCUT2D eigenvalue weighted by molar-refractivity contribution is 5.94. The Kier molecular flexibility index (Phi) is 3.23. The minimum Gasteiger partial charge on any atom is -0.375 e. The maximum Gasteiger partial charge on any atom is 0.301 e. The van der Waals surface area contributed by atoms with Gasteiger partial charge in [0.1, 0.15) is 5.69 Å². The van der Waals surface area contributed by atoms with Gasteiger partial charge >= 0.3 is 5.69 Å². The average molecular weight is 283 g/mol. The number of rotatable bonds is 4. The van der Waals surface area contributed by atoms with E-state index in [1.807, 2.05) is 13.2 Å². The summed E-state index contributed by atoms with van der Waals surface area (Å²) < 4.78 is 1.69. The number of anilines is 1. The van der Waals surface area contributed by atoms with Gasteiger partial charge in [-0.05, 0) is 24.3 Å². The number of pyridine rings is 1. The van der Waals surface area contributed by atoms with E-state index >= 15 is 0 Å². The molecule has 3 aromatic rings. The Bertz CT molecular complexity index is 812. The number of aryl methyl sites for hydroxylation is 1. The summed E-state index contributed by atoms with van der Waals surface area (Å²) in [4.78, 5) is 15.1. The van der Waals surface area contributed by atoms with Crippen LogP contribution in [0.25, 0.3) is 10.9 Å². The Morgan fingerprint density at radius 3 is 2.95 bits per heavy atom. The molecule has 21 heavy (non-hydrogen) atoms. The summed E-state index contributed by atoms with van der Waals surface area (Å²) in [5.41, 5.74) is 2.09. The maximum atomic E-state index is 11.4. The Morgan fingerprint density at radius 2 is 2.24 bits per heavy atom. The fourth-order valence-electron chi connectivity index (χ4n) is 2.24. The van der Waals surface area contributed by atoms with E-state index in [1.165, 1.54) is 0 Å². The van der Waals surface area contributed by atoms with E-state index in [1.54, 1.807) is 41.3 Å². The van der Waals surface area contributed by atoms with Gasteiger partial charge in [-0.3, -0.25) is 19.8 Å². The minimum absolute atomic E-state index is 0.0458. The third-order valence-electron chi connectivity index (χ3n) is 3.18. The molecule has 0 fully saturated rings. The molecule has 2 aromatic heterocycles. The van der Waals surface area contributed by atoms with Crippen molar-refractivity contribution in [2.45, 2.75) is 6.54 Å². The van der Waals surface area contributed by atoms with Crippen LogP contribution in [-0.2, 0) is 13.6 Å². The summed E-state index contributed by atoms with van der Waals surface area (Å²) in [5.74, 6) is 0. The summed E-state index contributed by atoms with van der Waals surface area (Å²) in [6, 6.07) is 6.85. The zero-order valence-electron chi connectivity index (χ0n) is 11.4. The number of nitro groups is 1. The number of nitrogens with one attached hydrogen (secondary N) is 1. The molecular formula is C14H13N5O2. The first-order valence-corrected chi connectivity index (χ1v) is 6.38. The minimum atomic E-state index is -0.379. The molecule has 1 N–H and O–H groups in total. The van der Waals surface area contributed by atoms with Crippen LogP contribution in [0.5, 0.6) is 0 Å². The molecular weight excluding hydrogens is 270 g/mol. The van der Waals surface area contributed by atoms with Gasteiger partial charge in [-0.15, -0.1) is 0 Å². The lowest BCUT2D eigenvalue weighted by atomic mass is 10.1. The van der Waals surface area contributed by atoms with Crippen molar-refractivity contribution in [2.24, 2.45) is 7.05 Å². The van der Waals surface area contributed by atoms with E-state index in [4.69, 9.17) is 0 Å². The van der Waals surface area contributed by atoms with Gasteiger partial charge in [0, 0.05) is 31.5 Å². The fourth-order valence-corrected chi connectivity index (χ4v) is 2.24. The zero-order chi connectivity index (χ0) is 14.8. The van der Waals surface area contributed by atoms with Gasteiger partial charge in [-0.2, -0.15) is 5.10 Å². The number of nitrogens with zero attached hydrogens (tertiary/aromatic N) is 4. The van der Waals surface area contributed by atoms with E-state index in [9.17, 15) is 10.1 Å². The highest BCUT2D eigenvalue weighted by Crippen LogP contribution is 2.32. The fraction of sp³-hybridized carbons (Fsp3) is 0.143. The summed E-state index contributed by atoms with van der Waals surface area (Å²) in [7, 11) is 1.83. The van der Waals surface area contributed by atoms with Crippen LogP contribution >= 0.6 is 0 Å². The highest BCUT2D eigenvalue weighted by Gasteiger charge is 2.18. The molecule has 0 aliphatic carbocycles. The lowest BCUT2D eigenvalue weighted by Crippen LogP contribution is -2.03. The van der Waals surface area contributed by atoms with Gasteiger partial charge in [0.15, 0.2) is 0 Å². The van der Waals surface area contributed by atoms with Crippen LogP contribution < -0.4 is 5.32 Å². The van der Waals surface area contributed by atoms with Crippen molar-refractivity contribution in [2.75, 3.05) is 5.32 Å². The van der Waals surface area contributed by atoms with Crippen LogP contribution in [0.1, 0.15) is 5.56 Å². The second kappa shape index (κ2) is 5.20. The van der Waals surface area contributed by atoms with Gasteiger partial charge in [0.2, 0.25) is 0 Å². The first-order chi connectivity index (χ1) is 10.1. The number of benzene rings is 1. The zero-order valence-corrected chi connectivity index (χ0v) is 11.4. The summed E-state index contributed by atoms with van der Waals surface area (Å²) in [6.07, 6.45) is 5.21. The van der Waals surface area contributed by atoms with Crippen LogP contribution in [0.3, 0.4) is 0 Å². The van der Waals surface area contributed by atoms with Gasteiger partial charge in [0.25, 0.3) is 0 Å². The molecule has 2 heterocycles. The molecule has 0 radical (unpaired) electrons. The lowest BCUT2D eigenvalue weighted by molar-refractivity contribution is -0.382. The number of nitro benzene ring substituents is 1. The third kappa shape index (κ3) is 2.53. The SMILES string of the molecule is Cn1cc(CNc2ccc3ncccc3c2[N+](=O)[O-])cn1. The molecule has 0 saturated carbocycles. The topological polar surface area (TPSA) is 85.9 Å². The Labute approximate surface area is 120 Å². The van der Waals surface area contributed by atoms with Crippen LogP contribution in [-0.4, -0.2) is 19.7 Å². The molecule has 0 amide bonds. The molecule has 106 valence electrons. The standard InChI is InChI=1S/C14H13N5O2/c1-18-9-10(8-17-18)7-16-13-5-4-12-11(3-2-6-15-12)14(13)19(20)21/h2-6,8-9,16H,7H2,1H3. The molecule has 0 aliphatic rings. The molecule has 0 saturated heterocycles. The average Bonchev–Trinajstić information content (AvgIpc) is 2.89. The summed E-state index contributed by atoms with van der Waals surface area (Å²) in [6.45, 7) is 0.473. The molecule has 0 bridgehead atoms. The molecule has 1 aromatic carbocycles. The number of aromatic nitrogens is 3. The van der Waals surface area contributed by atoms with E-state index in [0.29, 0.717) is 23.1 Å². The summed E-state index contributed by atoms with van der Waals surface area (Å²) in [5, 5.41) is 19.1. The molecule has 7 nitrogen and oxygen atoms in total. The van der Waals surface area contributed by atoms with E-state index in [-0.39, 0.29) is 10.6 Å². The van der Waals surface area contributed by atoms with E-state index < -0.39 is 0 Å². The Hall–Kier alpha value is -2.96. The van der Waals surface area contributed by atoms with Gasteiger partial charge < -0.3 is 5.32 Å². The van der Waals surface area contributed by atoms with Crippen molar-refractivity contribution >= 4 is 22.3 Å². The van der Waals surface area contributed by atoms with Gasteiger partial charge in [-0.1, -0.05) is 0 Å². The van der Waals surface area contributed by atoms with Crippen LogP contribution in [0.4, 0.5) is 11.4 Å². The van der Waals surface area contributed by atoms with Crippen LogP contribution in [0, 0.1) is 10.1 Å².